The molecule has 1 heterocycles. The van der Waals surface area contributed by atoms with Gasteiger partial charge in [0.2, 0.25) is 0 Å². The summed E-state index contributed by atoms with van der Waals surface area (Å²) in [5.41, 5.74) is 0.796. The normalized spacial score (nSPS) is 14.6. The Morgan fingerprint density at radius 3 is 2.67 bits per heavy atom. The van der Waals surface area contributed by atoms with Crippen molar-refractivity contribution in [2.75, 3.05) is 5.75 Å². The molecule has 0 aliphatic rings. The maximum Gasteiger partial charge on any atom is 0.151 e. The summed E-state index contributed by atoms with van der Waals surface area (Å²) in [4.78, 5) is 14.2. The molecule has 0 saturated heterocycles. The molecular formula is C10H13NO3S. The summed E-state index contributed by atoms with van der Waals surface area (Å²) < 4.78 is 0. The third kappa shape index (κ3) is 3.30. The minimum atomic E-state index is -1.03. The van der Waals surface area contributed by atoms with Crippen LogP contribution in [0.15, 0.2) is 18.3 Å². The van der Waals surface area contributed by atoms with Crippen molar-refractivity contribution in [1.29, 1.82) is 0 Å². The molecule has 0 aliphatic carbocycles. The second-order valence-electron chi connectivity index (χ2n) is 3.16. The highest BCUT2D eigenvalue weighted by molar-refractivity contribution is 7.80. The number of carbonyl (C=O) groups is 1. The van der Waals surface area contributed by atoms with E-state index in [0.29, 0.717) is 29.7 Å². The Morgan fingerprint density at radius 1 is 1.47 bits per heavy atom. The fourth-order valence-electron chi connectivity index (χ4n) is 1.15. The predicted molar refractivity (Wildman–Crippen MR) is 59.1 cm³/mol. The van der Waals surface area contributed by atoms with Crippen LogP contribution in [0.1, 0.15) is 28.6 Å². The fraction of sp³-hybridized carbons (Fsp3) is 0.400. The highest BCUT2D eigenvalue weighted by atomic mass is 32.1. The topological polar surface area (TPSA) is 70.4 Å². The van der Waals surface area contributed by atoms with E-state index in [1.54, 1.807) is 6.07 Å². The van der Waals surface area contributed by atoms with Gasteiger partial charge in [-0.05, 0) is 24.3 Å². The molecule has 2 unspecified atom stereocenters. The minimum Gasteiger partial charge on any atom is -0.390 e. The van der Waals surface area contributed by atoms with Gasteiger partial charge in [-0.15, -0.1) is 0 Å². The molecular weight excluding hydrogens is 214 g/mol. The number of aliphatic hydroxyl groups excluding tert-OH is 2. The maximum absolute atomic E-state index is 10.4. The van der Waals surface area contributed by atoms with E-state index in [2.05, 4.69) is 17.6 Å². The Balaban J connectivity index is 2.73. The van der Waals surface area contributed by atoms with Crippen LogP contribution >= 0.6 is 12.6 Å². The average molecular weight is 227 g/mol. The number of aliphatic hydroxyl groups is 2. The van der Waals surface area contributed by atoms with Crippen LogP contribution in [-0.2, 0) is 0 Å². The summed E-state index contributed by atoms with van der Waals surface area (Å²) in [5.74, 6) is 0.491. The van der Waals surface area contributed by atoms with Gasteiger partial charge < -0.3 is 10.2 Å². The lowest BCUT2D eigenvalue weighted by Gasteiger charge is -2.16. The van der Waals surface area contributed by atoms with Crippen LogP contribution in [0, 0.1) is 0 Å². The quantitative estimate of drug-likeness (QED) is 0.509. The molecule has 1 aromatic heterocycles. The van der Waals surface area contributed by atoms with Gasteiger partial charge in [0.25, 0.3) is 0 Å². The lowest BCUT2D eigenvalue weighted by atomic mass is 10.1. The monoisotopic (exact) mass is 227 g/mol. The zero-order valence-electron chi connectivity index (χ0n) is 8.08. The Labute approximate surface area is 93.4 Å². The first kappa shape index (κ1) is 12.2. The van der Waals surface area contributed by atoms with Crippen molar-refractivity contribution in [3.8, 4) is 0 Å². The third-order valence-corrected chi connectivity index (χ3v) is 2.30. The molecule has 0 aromatic carbocycles. The molecule has 0 saturated carbocycles. The van der Waals surface area contributed by atoms with Crippen LogP contribution in [0.2, 0.25) is 0 Å². The van der Waals surface area contributed by atoms with Crippen molar-refractivity contribution in [3.05, 3.63) is 29.6 Å². The van der Waals surface area contributed by atoms with Crippen molar-refractivity contribution in [2.24, 2.45) is 0 Å². The van der Waals surface area contributed by atoms with Gasteiger partial charge in [0, 0.05) is 11.8 Å². The van der Waals surface area contributed by atoms with E-state index < -0.39 is 12.2 Å². The molecule has 0 radical (unpaired) electrons. The first-order chi connectivity index (χ1) is 7.19. The lowest BCUT2D eigenvalue weighted by Crippen LogP contribution is -2.19. The average Bonchev–Trinajstić information content (AvgIpc) is 2.28. The van der Waals surface area contributed by atoms with Gasteiger partial charge in [-0.2, -0.15) is 12.6 Å². The predicted octanol–water partition coefficient (Wildman–Crippen LogP) is 0.608. The fourth-order valence-corrected chi connectivity index (χ4v) is 1.41. The highest BCUT2D eigenvalue weighted by Gasteiger charge is 2.18. The van der Waals surface area contributed by atoms with Gasteiger partial charge in [0.05, 0.1) is 11.8 Å². The molecule has 0 amide bonds. The number of rotatable bonds is 5. The molecule has 82 valence electrons. The van der Waals surface area contributed by atoms with Crippen LogP contribution in [0.5, 0.6) is 0 Å². The summed E-state index contributed by atoms with van der Waals surface area (Å²) in [5, 5.41) is 19.1. The Hall–Kier alpha value is -0.910. The van der Waals surface area contributed by atoms with E-state index in [9.17, 15) is 15.0 Å². The minimum absolute atomic E-state index is 0.356. The van der Waals surface area contributed by atoms with Crippen LogP contribution in [0.3, 0.4) is 0 Å². The van der Waals surface area contributed by atoms with Crippen molar-refractivity contribution < 1.29 is 15.0 Å². The van der Waals surface area contributed by atoms with Crippen LogP contribution in [-0.4, -0.2) is 33.3 Å². The van der Waals surface area contributed by atoms with E-state index in [0.717, 1.165) is 0 Å². The SMILES string of the molecule is O=Cc1ccc(C(O)C(O)CCS)nc1. The van der Waals surface area contributed by atoms with Gasteiger partial charge >= 0.3 is 0 Å². The van der Waals surface area contributed by atoms with Gasteiger partial charge in [-0.1, -0.05) is 0 Å². The Kier molecular flexibility index (Phi) is 4.74. The van der Waals surface area contributed by atoms with Crippen LogP contribution in [0.25, 0.3) is 0 Å². The number of thiol groups is 1. The molecule has 1 rings (SSSR count). The Morgan fingerprint density at radius 2 is 2.20 bits per heavy atom. The molecule has 1 aromatic rings. The van der Waals surface area contributed by atoms with E-state index >= 15 is 0 Å². The van der Waals surface area contributed by atoms with Crippen molar-refractivity contribution in [2.45, 2.75) is 18.6 Å². The van der Waals surface area contributed by atoms with Crippen molar-refractivity contribution >= 4 is 18.9 Å². The molecule has 0 bridgehead atoms. The van der Waals surface area contributed by atoms with Crippen LogP contribution < -0.4 is 0 Å². The molecule has 5 heteroatoms. The zero-order valence-corrected chi connectivity index (χ0v) is 8.97. The summed E-state index contributed by atoms with van der Waals surface area (Å²) in [6, 6.07) is 3.07. The van der Waals surface area contributed by atoms with Crippen molar-refractivity contribution in [3.63, 3.8) is 0 Å². The number of hydrogen-bond acceptors (Lipinski definition) is 5. The van der Waals surface area contributed by atoms with E-state index in [-0.39, 0.29) is 0 Å². The van der Waals surface area contributed by atoms with E-state index in [1.165, 1.54) is 12.3 Å². The summed E-state index contributed by atoms with van der Waals surface area (Å²) >= 11 is 3.96. The second-order valence-corrected chi connectivity index (χ2v) is 3.61. The van der Waals surface area contributed by atoms with E-state index in [4.69, 9.17) is 0 Å². The standard InChI is InChI=1S/C10H13NO3S/c12-6-7-1-2-8(11-5-7)10(14)9(13)3-4-15/h1-2,5-6,9-10,13-15H,3-4H2. The van der Waals surface area contributed by atoms with Crippen molar-refractivity contribution in [1.82, 2.24) is 4.98 Å². The molecule has 2 atom stereocenters. The Bertz CT molecular complexity index is 315. The summed E-state index contributed by atoms with van der Waals surface area (Å²) in [6.07, 6.45) is 0.517. The largest absolute Gasteiger partial charge is 0.390 e. The molecule has 4 nitrogen and oxygen atoms in total. The highest BCUT2D eigenvalue weighted by Crippen LogP contribution is 2.17. The molecule has 0 aliphatic heterocycles. The number of nitrogens with zero attached hydrogens (tertiary/aromatic N) is 1. The number of carbonyl (C=O) groups excluding carboxylic acids is 1. The zero-order chi connectivity index (χ0) is 11.3. The van der Waals surface area contributed by atoms with E-state index in [1.807, 2.05) is 0 Å². The van der Waals surface area contributed by atoms with Gasteiger partial charge in [0.15, 0.2) is 6.29 Å². The summed E-state index contributed by atoms with van der Waals surface area (Å²) in [6.45, 7) is 0. The molecule has 0 fully saturated rings. The number of aromatic nitrogens is 1. The molecule has 15 heavy (non-hydrogen) atoms. The molecule has 0 spiro atoms. The van der Waals surface area contributed by atoms with Gasteiger partial charge in [0.1, 0.15) is 6.10 Å². The number of aldehydes is 1. The maximum atomic E-state index is 10.4. The lowest BCUT2D eigenvalue weighted by molar-refractivity contribution is 0.0147. The third-order valence-electron chi connectivity index (χ3n) is 2.04. The number of hydrogen-bond donors (Lipinski definition) is 3. The second kappa shape index (κ2) is 5.85. The number of pyridine rings is 1. The smallest absolute Gasteiger partial charge is 0.151 e. The first-order valence-corrected chi connectivity index (χ1v) is 5.20. The molecule has 2 N–H and O–H groups in total. The summed E-state index contributed by atoms with van der Waals surface area (Å²) in [7, 11) is 0. The van der Waals surface area contributed by atoms with Gasteiger partial charge in [-0.3, -0.25) is 9.78 Å². The van der Waals surface area contributed by atoms with Gasteiger partial charge in [-0.25, -0.2) is 0 Å². The van der Waals surface area contributed by atoms with Crippen LogP contribution in [0.4, 0.5) is 0 Å². The first-order valence-electron chi connectivity index (χ1n) is 4.57.